The molecule has 1 aliphatic carbocycles. The Morgan fingerprint density at radius 3 is 2.76 bits per heavy atom. The second kappa shape index (κ2) is 7.03. The summed E-state index contributed by atoms with van der Waals surface area (Å²) in [5.41, 5.74) is 0.118. The van der Waals surface area contributed by atoms with Gasteiger partial charge in [-0.3, -0.25) is 10.1 Å². The number of anilines is 1. The maximum atomic E-state index is 11.1. The molecule has 1 saturated carbocycles. The van der Waals surface area contributed by atoms with Crippen molar-refractivity contribution in [2.45, 2.75) is 31.8 Å². The maximum absolute atomic E-state index is 11.1. The lowest BCUT2D eigenvalue weighted by atomic mass is 10.1. The van der Waals surface area contributed by atoms with Crippen molar-refractivity contribution in [1.29, 1.82) is 0 Å². The van der Waals surface area contributed by atoms with E-state index in [1.54, 1.807) is 0 Å². The molecule has 1 aromatic carbocycles. The zero-order valence-electron chi connectivity index (χ0n) is 11.6. The number of hydrogen-bond acceptors (Lipinski definition) is 5. The van der Waals surface area contributed by atoms with Crippen LogP contribution in [0.4, 0.5) is 11.4 Å². The predicted molar refractivity (Wildman–Crippen MR) is 76.8 cm³/mol. The number of nitro groups is 1. The number of nitrogens with one attached hydrogen (secondary N) is 1. The summed E-state index contributed by atoms with van der Waals surface area (Å²) in [4.78, 5) is 21.3. The van der Waals surface area contributed by atoms with Crippen molar-refractivity contribution in [2.24, 2.45) is 0 Å². The van der Waals surface area contributed by atoms with Crippen molar-refractivity contribution < 1.29 is 19.6 Å². The Hall–Kier alpha value is -2.15. The molecule has 1 aliphatic rings. The number of non-ortho nitro benzene ring substituents is 1. The van der Waals surface area contributed by atoms with Crippen molar-refractivity contribution in [3.8, 4) is 0 Å². The summed E-state index contributed by atoms with van der Waals surface area (Å²) in [5.74, 6) is -1.12. The number of carboxylic acids is 1. The summed E-state index contributed by atoms with van der Waals surface area (Å²) in [7, 11) is 0. The number of nitro benzene ring substituents is 1. The van der Waals surface area contributed by atoms with Gasteiger partial charge in [0.1, 0.15) is 0 Å². The van der Waals surface area contributed by atoms with Gasteiger partial charge in [0.05, 0.1) is 28.9 Å². The van der Waals surface area contributed by atoms with Gasteiger partial charge in [0.2, 0.25) is 0 Å². The molecule has 21 heavy (non-hydrogen) atoms. The average molecular weight is 294 g/mol. The number of carboxylic acid groups (broad SMARTS) is 1. The van der Waals surface area contributed by atoms with Crippen LogP contribution < -0.4 is 5.32 Å². The average Bonchev–Trinajstić information content (AvgIpc) is 2.96. The first-order chi connectivity index (χ1) is 10.1. The van der Waals surface area contributed by atoms with Gasteiger partial charge < -0.3 is 15.2 Å². The third kappa shape index (κ3) is 4.16. The Labute approximate surface area is 122 Å². The number of hydrogen-bond donors (Lipinski definition) is 2. The lowest BCUT2D eigenvalue weighted by Gasteiger charge is -2.13. The van der Waals surface area contributed by atoms with Crippen LogP contribution in [0.5, 0.6) is 0 Å². The van der Waals surface area contributed by atoms with Crippen LogP contribution in [0.25, 0.3) is 0 Å². The highest BCUT2D eigenvalue weighted by atomic mass is 16.6. The van der Waals surface area contributed by atoms with Gasteiger partial charge in [-0.2, -0.15) is 0 Å². The van der Waals surface area contributed by atoms with Crippen LogP contribution in [-0.4, -0.2) is 35.3 Å². The standard InChI is InChI=1S/C14H18N2O5/c17-14(18)12-6-5-10(16(19)20)9-13(12)15-7-8-21-11-3-1-2-4-11/h5-6,9,11,15H,1-4,7-8H2,(H,17,18). The molecule has 0 saturated heterocycles. The van der Waals surface area contributed by atoms with Crippen LogP contribution in [0.3, 0.4) is 0 Å². The Morgan fingerprint density at radius 2 is 2.14 bits per heavy atom. The van der Waals surface area contributed by atoms with Gasteiger partial charge in [-0.25, -0.2) is 4.79 Å². The molecular formula is C14H18N2O5. The maximum Gasteiger partial charge on any atom is 0.337 e. The van der Waals surface area contributed by atoms with Crippen LogP contribution in [0, 0.1) is 10.1 Å². The molecule has 2 rings (SSSR count). The Bertz CT molecular complexity index is 526. The van der Waals surface area contributed by atoms with Crippen LogP contribution in [-0.2, 0) is 4.74 Å². The fourth-order valence-corrected chi connectivity index (χ4v) is 2.44. The highest BCUT2D eigenvalue weighted by molar-refractivity contribution is 5.94. The van der Waals surface area contributed by atoms with E-state index >= 15 is 0 Å². The smallest absolute Gasteiger partial charge is 0.337 e. The lowest BCUT2D eigenvalue weighted by molar-refractivity contribution is -0.384. The summed E-state index contributed by atoms with van der Waals surface area (Å²) in [5, 5.41) is 22.7. The van der Waals surface area contributed by atoms with E-state index in [0.717, 1.165) is 12.8 Å². The van der Waals surface area contributed by atoms with E-state index in [9.17, 15) is 14.9 Å². The molecule has 1 aromatic rings. The molecule has 114 valence electrons. The molecule has 2 N–H and O–H groups in total. The Kier molecular flexibility index (Phi) is 5.10. The first-order valence-electron chi connectivity index (χ1n) is 6.95. The zero-order chi connectivity index (χ0) is 15.2. The molecule has 7 heteroatoms. The minimum Gasteiger partial charge on any atom is -0.478 e. The number of nitrogens with zero attached hydrogens (tertiary/aromatic N) is 1. The highest BCUT2D eigenvalue weighted by Crippen LogP contribution is 2.23. The van der Waals surface area contributed by atoms with Gasteiger partial charge in [-0.05, 0) is 18.9 Å². The number of rotatable bonds is 7. The largest absolute Gasteiger partial charge is 0.478 e. The van der Waals surface area contributed by atoms with E-state index in [1.165, 1.54) is 31.0 Å². The van der Waals surface area contributed by atoms with E-state index in [2.05, 4.69) is 5.32 Å². The molecule has 0 atom stereocenters. The topological polar surface area (TPSA) is 102 Å². The molecule has 1 fully saturated rings. The summed E-state index contributed by atoms with van der Waals surface area (Å²) in [6, 6.07) is 3.66. The fourth-order valence-electron chi connectivity index (χ4n) is 2.44. The molecule has 0 bridgehead atoms. The number of carbonyl (C=O) groups is 1. The highest BCUT2D eigenvalue weighted by Gasteiger charge is 2.16. The lowest BCUT2D eigenvalue weighted by Crippen LogP contribution is -2.16. The van der Waals surface area contributed by atoms with Gasteiger partial charge in [0, 0.05) is 18.7 Å². The van der Waals surface area contributed by atoms with Crippen LogP contribution >= 0.6 is 0 Å². The minimum absolute atomic E-state index is 0.0152. The molecule has 0 radical (unpaired) electrons. The monoisotopic (exact) mass is 294 g/mol. The second-order valence-electron chi connectivity index (χ2n) is 5.00. The molecule has 0 spiro atoms. The number of benzene rings is 1. The molecule has 0 heterocycles. The molecular weight excluding hydrogens is 276 g/mol. The van der Waals surface area contributed by atoms with Crippen molar-refractivity contribution >= 4 is 17.3 Å². The van der Waals surface area contributed by atoms with Gasteiger partial charge in [0.25, 0.3) is 5.69 Å². The third-order valence-electron chi connectivity index (χ3n) is 3.52. The number of ether oxygens (including phenoxy) is 1. The zero-order valence-corrected chi connectivity index (χ0v) is 11.6. The molecule has 0 unspecified atom stereocenters. The molecule has 0 aliphatic heterocycles. The van der Waals surface area contributed by atoms with Gasteiger partial charge in [-0.15, -0.1) is 0 Å². The van der Waals surface area contributed by atoms with E-state index in [4.69, 9.17) is 9.84 Å². The third-order valence-corrected chi connectivity index (χ3v) is 3.52. The summed E-state index contributed by atoms with van der Waals surface area (Å²) in [6.07, 6.45) is 4.79. The molecule has 0 aromatic heterocycles. The van der Waals surface area contributed by atoms with Gasteiger partial charge in [0.15, 0.2) is 0 Å². The predicted octanol–water partition coefficient (Wildman–Crippen LogP) is 2.66. The molecule has 0 amide bonds. The fraction of sp³-hybridized carbons (Fsp3) is 0.500. The van der Waals surface area contributed by atoms with Crippen LogP contribution in [0.2, 0.25) is 0 Å². The minimum atomic E-state index is -1.12. The summed E-state index contributed by atoms with van der Waals surface area (Å²) >= 11 is 0. The molecule has 7 nitrogen and oxygen atoms in total. The van der Waals surface area contributed by atoms with Gasteiger partial charge in [-0.1, -0.05) is 12.8 Å². The first kappa shape index (κ1) is 15.2. The van der Waals surface area contributed by atoms with E-state index < -0.39 is 10.9 Å². The quantitative estimate of drug-likeness (QED) is 0.455. The van der Waals surface area contributed by atoms with Crippen LogP contribution in [0.1, 0.15) is 36.0 Å². The Balaban J connectivity index is 1.94. The van der Waals surface area contributed by atoms with Gasteiger partial charge >= 0.3 is 5.97 Å². The van der Waals surface area contributed by atoms with E-state index in [1.807, 2.05) is 0 Å². The van der Waals surface area contributed by atoms with Crippen molar-refractivity contribution in [3.63, 3.8) is 0 Å². The number of aromatic carboxylic acids is 1. The normalized spacial score (nSPS) is 15.0. The SMILES string of the molecule is O=C(O)c1ccc([N+](=O)[O-])cc1NCCOC1CCCC1. The Morgan fingerprint density at radius 1 is 1.43 bits per heavy atom. The summed E-state index contributed by atoms with van der Waals surface area (Å²) in [6.45, 7) is 0.865. The van der Waals surface area contributed by atoms with Crippen molar-refractivity contribution in [1.82, 2.24) is 0 Å². The second-order valence-corrected chi connectivity index (χ2v) is 5.00. The van der Waals surface area contributed by atoms with E-state index in [0.29, 0.717) is 13.2 Å². The van der Waals surface area contributed by atoms with Crippen LogP contribution in [0.15, 0.2) is 18.2 Å². The van der Waals surface area contributed by atoms with E-state index in [-0.39, 0.29) is 23.0 Å². The van der Waals surface area contributed by atoms with Crippen molar-refractivity contribution in [3.05, 3.63) is 33.9 Å². The van der Waals surface area contributed by atoms with Crippen molar-refractivity contribution in [2.75, 3.05) is 18.5 Å². The first-order valence-corrected chi connectivity index (χ1v) is 6.95. The summed E-state index contributed by atoms with van der Waals surface area (Å²) < 4.78 is 5.66.